The minimum Gasteiger partial charge on any atom is -0.493 e. The normalized spacial score (nSPS) is 33.8. The summed E-state index contributed by atoms with van der Waals surface area (Å²) in [6, 6.07) is 7.44. The van der Waals surface area contributed by atoms with Crippen LogP contribution in [0.2, 0.25) is 0 Å². The number of benzene rings is 1. The molecule has 0 spiro atoms. The number of hydrogen-bond donors (Lipinski definition) is 1. The molecular weight excluding hydrogens is 302 g/mol. The van der Waals surface area contributed by atoms with E-state index in [2.05, 4.69) is 53.3 Å². The summed E-state index contributed by atoms with van der Waals surface area (Å²) in [6.07, 6.45) is 3.73. The Kier molecular flexibility index (Phi) is 3.86. The second-order valence-electron chi connectivity index (χ2n) is 6.06. The van der Waals surface area contributed by atoms with Crippen LogP contribution in [-0.4, -0.2) is 12.6 Å². The minimum absolute atomic E-state index is 0.444. The van der Waals surface area contributed by atoms with Crippen molar-refractivity contribution >= 4 is 15.9 Å². The second kappa shape index (κ2) is 5.45. The van der Waals surface area contributed by atoms with Crippen LogP contribution < -0.4 is 10.1 Å². The molecule has 1 aromatic rings. The Morgan fingerprint density at radius 3 is 2.79 bits per heavy atom. The van der Waals surface area contributed by atoms with Gasteiger partial charge in [0.2, 0.25) is 0 Å². The smallest absolute Gasteiger partial charge is 0.124 e. The van der Waals surface area contributed by atoms with Crippen molar-refractivity contribution in [3.63, 3.8) is 0 Å². The van der Waals surface area contributed by atoms with Gasteiger partial charge in [-0.3, -0.25) is 0 Å². The van der Waals surface area contributed by atoms with Gasteiger partial charge in [0.25, 0.3) is 0 Å². The van der Waals surface area contributed by atoms with E-state index in [0.29, 0.717) is 12.1 Å². The molecular formula is C16H22BrNO. The van der Waals surface area contributed by atoms with Gasteiger partial charge in [-0.25, -0.2) is 0 Å². The van der Waals surface area contributed by atoms with E-state index in [0.717, 1.165) is 35.1 Å². The van der Waals surface area contributed by atoms with Crippen LogP contribution in [0.4, 0.5) is 0 Å². The number of fused-ring (bicyclic) bond motifs is 1. The Morgan fingerprint density at radius 2 is 2.05 bits per heavy atom. The molecule has 3 rings (SSSR count). The summed E-state index contributed by atoms with van der Waals surface area (Å²) in [6.45, 7) is 5.58. The van der Waals surface area contributed by atoms with E-state index in [-0.39, 0.29) is 0 Å². The van der Waals surface area contributed by atoms with E-state index >= 15 is 0 Å². The molecule has 4 atom stereocenters. The molecule has 19 heavy (non-hydrogen) atoms. The Bertz CT molecular complexity index is 462. The summed E-state index contributed by atoms with van der Waals surface area (Å²) in [7, 11) is 0. The highest BCUT2D eigenvalue weighted by atomic mass is 79.9. The van der Waals surface area contributed by atoms with E-state index in [1.807, 2.05) is 0 Å². The molecule has 1 aromatic carbocycles. The quantitative estimate of drug-likeness (QED) is 0.876. The van der Waals surface area contributed by atoms with Crippen molar-refractivity contribution in [2.45, 2.75) is 45.2 Å². The maximum absolute atomic E-state index is 5.76. The molecule has 0 saturated heterocycles. The van der Waals surface area contributed by atoms with Gasteiger partial charge >= 0.3 is 0 Å². The number of nitrogens with one attached hydrogen (secondary N) is 1. The van der Waals surface area contributed by atoms with Crippen molar-refractivity contribution < 1.29 is 4.74 Å². The van der Waals surface area contributed by atoms with Gasteiger partial charge in [-0.2, -0.15) is 0 Å². The van der Waals surface area contributed by atoms with E-state index in [1.165, 1.54) is 18.4 Å². The summed E-state index contributed by atoms with van der Waals surface area (Å²) in [5, 5.41) is 3.88. The van der Waals surface area contributed by atoms with Crippen LogP contribution in [0.3, 0.4) is 0 Å². The molecule has 1 N–H and O–H groups in total. The average molecular weight is 324 g/mol. The van der Waals surface area contributed by atoms with E-state index in [9.17, 15) is 0 Å². The van der Waals surface area contributed by atoms with Crippen LogP contribution in [-0.2, 0) is 0 Å². The zero-order valence-corrected chi connectivity index (χ0v) is 13.2. The Hall–Kier alpha value is -0.540. The number of rotatable bonds is 2. The molecule has 2 nitrogen and oxygen atoms in total. The highest BCUT2D eigenvalue weighted by Crippen LogP contribution is 2.37. The topological polar surface area (TPSA) is 21.3 Å². The minimum atomic E-state index is 0.444. The Balaban J connectivity index is 1.78. The van der Waals surface area contributed by atoms with Crippen molar-refractivity contribution in [3.05, 3.63) is 28.2 Å². The summed E-state index contributed by atoms with van der Waals surface area (Å²) < 4.78 is 6.90. The van der Waals surface area contributed by atoms with E-state index in [1.54, 1.807) is 0 Å². The molecule has 1 aliphatic heterocycles. The van der Waals surface area contributed by atoms with Gasteiger partial charge in [0.05, 0.1) is 6.61 Å². The first-order valence-corrected chi connectivity index (χ1v) is 8.12. The fourth-order valence-corrected chi connectivity index (χ4v) is 3.78. The van der Waals surface area contributed by atoms with Crippen LogP contribution in [0.5, 0.6) is 5.75 Å². The second-order valence-corrected chi connectivity index (χ2v) is 6.97. The maximum atomic E-state index is 5.76. The highest BCUT2D eigenvalue weighted by molar-refractivity contribution is 9.10. The van der Waals surface area contributed by atoms with Crippen molar-refractivity contribution in [2.75, 3.05) is 6.61 Å². The van der Waals surface area contributed by atoms with Gasteiger partial charge in [0, 0.05) is 28.5 Å². The molecule has 4 unspecified atom stereocenters. The highest BCUT2D eigenvalue weighted by Gasteiger charge is 2.32. The maximum Gasteiger partial charge on any atom is 0.124 e. The zero-order chi connectivity index (χ0) is 13.4. The van der Waals surface area contributed by atoms with Crippen LogP contribution in [0.1, 0.15) is 44.7 Å². The summed E-state index contributed by atoms with van der Waals surface area (Å²) in [5.41, 5.74) is 1.31. The van der Waals surface area contributed by atoms with Crippen molar-refractivity contribution in [2.24, 2.45) is 11.8 Å². The average Bonchev–Trinajstić information content (AvgIpc) is 2.71. The van der Waals surface area contributed by atoms with Gasteiger partial charge in [0.15, 0.2) is 0 Å². The molecule has 1 fully saturated rings. The first-order valence-electron chi connectivity index (χ1n) is 7.33. The fourth-order valence-electron chi connectivity index (χ4n) is 3.40. The molecule has 1 heterocycles. The molecule has 0 amide bonds. The van der Waals surface area contributed by atoms with Gasteiger partial charge < -0.3 is 10.1 Å². The first kappa shape index (κ1) is 13.4. The first-order chi connectivity index (χ1) is 9.15. The number of ether oxygens (including phenoxy) is 1. The predicted molar refractivity (Wildman–Crippen MR) is 81.5 cm³/mol. The summed E-state index contributed by atoms with van der Waals surface area (Å²) >= 11 is 3.57. The lowest BCUT2D eigenvalue weighted by atomic mass is 9.94. The SMILES string of the molecule is CC1CCC(NC2CCOc3ccc(Br)cc32)C1C. The van der Waals surface area contributed by atoms with E-state index in [4.69, 9.17) is 4.74 Å². The van der Waals surface area contributed by atoms with Crippen molar-refractivity contribution in [3.8, 4) is 5.75 Å². The zero-order valence-electron chi connectivity index (χ0n) is 11.7. The number of halogens is 1. The third-order valence-corrected chi connectivity index (χ3v) is 5.39. The molecule has 1 aliphatic carbocycles. The third-order valence-electron chi connectivity index (χ3n) is 4.89. The van der Waals surface area contributed by atoms with Gasteiger partial charge in [0.1, 0.15) is 5.75 Å². The summed E-state index contributed by atoms with van der Waals surface area (Å²) in [5.74, 6) is 2.67. The molecule has 0 aromatic heterocycles. The third kappa shape index (κ3) is 2.68. The lowest BCUT2D eigenvalue weighted by Crippen LogP contribution is -2.37. The van der Waals surface area contributed by atoms with Crippen molar-refractivity contribution in [1.82, 2.24) is 5.32 Å². The lowest BCUT2D eigenvalue weighted by molar-refractivity contribution is 0.233. The molecule has 3 heteroatoms. The van der Waals surface area contributed by atoms with Gasteiger partial charge in [-0.1, -0.05) is 29.8 Å². The van der Waals surface area contributed by atoms with Crippen LogP contribution in [0, 0.1) is 11.8 Å². The Labute approximate surface area is 124 Å². The van der Waals surface area contributed by atoms with Crippen LogP contribution >= 0.6 is 15.9 Å². The molecule has 2 aliphatic rings. The summed E-state index contributed by atoms with van der Waals surface area (Å²) in [4.78, 5) is 0. The Morgan fingerprint density at radius 1 is 1.21 bits per heavy atom. The molecule has 104 valence electrons. The van der Waals surface area contributed by atoms with Gasteiger partial charge in [-0.15, -0.1) is 0 Å². The largest absolute Gasteiger partial charge is 0.493 e. The van der Waals surface area contributed by atoms with Crippen LogP contribution in [0.15, 0.2) is 22.7 Å². The molecule has 0 radical (unpaired) electrons. The fraction of sp³-hybridized carbons (Fsp3) is 0.625. The van der Waals surface area contributed by atoms with Crippen molar-refractivity contribution in [1.29, 1.82) is 0 Å². The van der Waals surface area contributed by atoms with Crippen LogP contribution in [0.25, 0.3) is 0 Å². The lowest BCUT2D eigenvalue weighted by Gasteiger charge is -2.31. The van der Waals surface area contributed by atoms with E-state index < -0.39 is 0 Å². The molecule has 1 saturated carbocycles. The number of hydrogen-bond acceptors (Lipinski definition) is 2. The standard InChI is InChI=1S/C16H22BrNO/c1-10-3-5-14(11(10)2)18-15-7-8-19-16-6-4-12(17)9-13(15)16/h4,6,9-11,14-15,18H,3,5,7-8H2,1-2H3. The monoisotopic (exact) mass is 323 g/mol. The predicted octanol–water partition coefficient (Wildman–Crippen LogP) is 4.30. The molecule has 0 bridgehead atoms. The van der Waals surface area contributed by atoms with Gasteiger partial charge in [-0.05, 0) is 42.9 Å².